The first-order valence-electron chi connectivity index (χ1n) is 8.27. The number of nitrogens with zero attached hydrogens (tertiary/aromatic N) is 5. The maximum atomic E-state index is 4.76. The Morgan fingerprint density at radius 1 is 1.29 bits per heavy atom. The van der Waals surface area contributed by atoms with E-state index < -0.39 is 0 Å². The SMILES string of the molecule is CSc1nccc2nc(CN(C)C3CCCc4cccnc43)cn12. The van der Waals surface area contributed by atoms with E-state index in [0.29, 0.717) is 6.04 Å². The summed E-state index contributed by atoms with van der Waals surface area (Å²) in [5, 5.41) is 0.971. The number of thioether (sulfide) groups is 1. The van der Waals surface area contributed by atoms with Gasteiger partial charge in [-0.25, -0.2) is 9.97 Å². The maximum absolute atomic E-state index is 4.76. The number of hydrogen-bond acceptors (Lipinski definition) is 5. The molecule has 6 heteroatoms. The molecule has 0 radical (unpaired) electrons. The molecule has 3 aromatic heterocycles. The molecule has 5 nitrogen and oxygen atoms in total. The van der Waals surface area contributed by atoms with Crippen molar-refractivity contribution in [1.29, 1.82) is 0 Å². The lowest BCUT2D eigenvalue weighted by Crippen LogP contribution is -2.28. The van der Waals surface area contributed by atoms with Crippen molar-refractivity contribution in [1.82, 2.24) is 24.3 Å². The Bertz CT molecular complexity index is 859. The first kappa shape index (κ1) is 15.6. The average molecular weight is 339 g/mol. The molecule has 3 heterocycles. The molecule has 0 saturated carbocycles. The molecule has 1 atom stereocenters. The molecule has 0 aromatic carbocycles. The third-order valence-electron chi connectivity index (χ3n) is 4.69. The van der Waals surface area contributed by atoms with Gasteiger partial charge in [-0.3, -0.25) is 14.3 Å². The van der Waals surface area contributed by atoms with Gasteiger partial charge >= 0.3 is 0 Å². The zero-order valence-corrected chi connectivity index (χ0v) is 14.8. The average Bonchev–Trinajstić information content (AvgIpc) is 3.03. The van der Waals surface area contributed by atoms with Crippen LogP contribution in [0.5, 0.6) is 0 Å². The Labute approximate surface area is 146 Å². The normalized spacial score (nSPS) is 17.4. The van der Waals surface area contributed by atoms with E-state index in [0.717, 1.165) is 35.9 Å². The maximum Gasteiger partial charge on any atom is 0.173 e. The second-order valence-electron chi connectivity index (χ2n) is 6.26. The molecule has 1 unspecified atom stereocenters. The highest BCUT2D eigenvalue weighted by atomic mass is 32.2. The van der Waals surface area contributed by atoms with Crippen LogP contribution in [-0.4, -0.2) is 37.6 Å². The highest BCUT2D eigenvalue weighted by Crippen LogP contribution is 2.32. The summed E-state index contributed by atoms with van der Waals surface area (Å²) < 4.78 is 2.07. The first-order valence-corrected chi connectivity index (χ1v) is 9.50. The summed E-state index contributed by atoms with van der Waals surface area (Å²) in [6.07, 6.45) is 11.4. The van der Waals surface area contributed by atoms with Crippen LogP contribution in [0.15, 0.2) is 41.9 Å². The van der Waals surface area contributed by atoms with Crippen LogP contribution in [0, 0.1) is 0 Å². The fraction of sp³-hybridized carbons (Fsp3) is 0.389. The molecule has 0 fully saturated rings. The summed E-state index contributed by atoms with van der Waals surface area (Å²) >= 11 is 1.64. The second-order valence-corrected chi connectivity index (χ2v) is 7.04. The minimum Gasteiger partial charge on any atom is -0.292 e. The zero-order chi connectivity index (χ0) is 16.5. The van der Waals surface area contributed by atoms with E-state index in [4.69, 9.17) is 4.98 Å². The van der Waals surface area contributed by atoms with Gasteiger partial charge in [-0.1, -0.05) is 17.8 Å². The van der Waals surface area contributed by atoms with Gasteiger partial charge in [0, 0.05) is 25.1 Å². The number of aromatic nitrogens is 4. The molecule has 0 aliphatic heterocycles. The monoisotopic (exact) mass is 339 g/mol. The lowest BCUT2D eigenvalue weighted by atomic mass is 9.91. The number of fused-ring (bicyclic) bond motifs is 2. The van der Waals surface area contributed by atoms with Crippen molar-refractivity contribution in [3.05, 3.63) is 53.7 Å². The topological polar surface area (TPSA) is 46.3 Å². The highest BCUT2D eigenvalue weighted by Gasteiger charge is 2.25. The van der Waals surface area contributed by atoms with Gasteiger partial charge in [0.15, 0.2) is 5.16 Å². The van der Waals surface area contributed by atoms with Gasteiger partial charge in [-0.05, 0) is 50.3 Å². The second kappa shape index (κ2) is 6.53. The van der Waals surface area contributed by atoms with Crippen molar-refractivity contribution in [2.45, 2.75) is 37.0 Å². The minimum atomic E-state index is 0.373. The van der Waals surface area contributed by atoms with Crippen LogP contribution in [0.25, 0.3) is 5.65 Å². The Morgan fingerprint density at radius 3 is 3.08 bits per heavy atom. The van der Waals surface area contributed by atoms with Gasteiger partial charge < -0.3 is 0 Å². The number of rotatable bonds is 4. The van der Waals surface area contributed by atoms with E-state index in [1.807, 2.05) is 30.8 Å². The summed E-state index contributed by atoms with van der Waals surface area (Å²) in [7, 11) is 2.17. The summed E-state index contributed by atoms with van der Waals surface area (Å²) in [5.41, 5.74) is 4.66. The molecule has 4 rings (SSSR count). The van der Waals surface area contributed by atoms with Crippen molar-refractivity contribution >= 4 is 17.4 Å². The van der Waals surface area contributed by atoms with Crippen molar-refractivity contribution in [2.75, 3.05) is 13.3 Å². The molecule has 3 aromatic rings. The molecule has 24 heavy (non-hydrogen) atoms. The van der Waals surface area contributed by atoms with Crippen LogP contribution in [-0.2, 0) is 13.0 Å². The van der Waals surface area contributed by atoms with Crippen molar-refractivity contribution < 1.29 is 0 Å². The Hall–Kier alpha value is -1.92. The standard InChI is InChI=1S/C18H21N5S/c1-22(15-7-3-5-13-6-4-9-19-17(13)15)11-14-12-23-16(21-14)8-10-20-18(23)24-2/h4,6,8-10,12,15H,3,5,7,11H2,1-2H3. The molecular formula is C18H21N5S. The smallest absolute Gasteiger partial charge is 0.173 e. The number of imidazole rings is 1. The van der Waals surface area contributed by atoms with E-state index in [1.54, 1.807) is 11.8 Å². The van der Waals surface area contributed by atoms with Crippen LogP contribution in [0.3, 0.4) is 0 Å². The summed E-state index contributed by atoms with van der Waals surface area (Å²) in [5.74, 6) is 0. The third kappa shape index (κ3) is 2.80. The van der Waals surface area contributed by atoms with Crippen LogP contribution in [0.1, 0.15) is 35.8 Å². The minimum absolute atomic E-state index is 0.373. The summed E-state index contributed by atoms with van der Waals surface area (Å²) in [6, 6.07) is 6.59. The van der Waals surface area contributed by atoms with Crippen molar-refractivity contribution in [3.63, 3.8) is 0 Å². The molecule has 0 spiro atoms. The zero-order valence-electron chi connectivity index (χ0n) is 14.0. The summed E-state index contributed by atoms with van der Waals surface area (Å²) in [4.78, 5) is 16.2. The number of aryl methyl sites for hydroxylation is 1. The molecule has 0 saturated heterocycles. The molecular weight excluding hydrogens is 318 g/mol. The number of hydrogen-bond donors (Lipinski definition) is 0. The largest absolute Gasteiger partial charge is 0.292 e. The van der Waals surface area contributed by atoms with Crippen LogP contribution in [0.4, 0.5) is 0 Å². The molecule has 124 valence electrons. The molecule has 1 aliphatic rings. The Kier molecular flexibility index (Phi) is 4.24. The lowest BCUT2D eigenvalue weighted by Gasteiger charge is -2.31. The lowest BCUT2D eigenvalue weighted by molar-refractivity contribution is 0.206. The van der Waals surface area contributed by atoms with E-state index in [-0.39, 0.29) is 0 Å². The van der Waals surface area contributed by atoms with E-state index in [2.05, 4.69) is 38.6 Å². The van der Waals surface area contributed by atoms with Crippen molar-refractivity contribution in [2.24, 2.45) is 0 Å². The van der Waals surface area contributed by atoms with Gasteiger partial charge in [0.1, 0.15) is 5.65 Å². The van der Waals surface area contributed by atoms with E-state index in [9.17, 15) is 0 Å². The van der Waals surface area contributed by atoms with Gasteiger partial charge in [-0.15, -0.1) is 0 Å². The molecule has 1 aliphatic carbocycles. The highest BCUT2D eigenvalue weighted by molar-refractivity contribution is 7.98. The van der Waals surface area contributed by atoms with E-state index in [1.165, 1.54) is 17.7 Å². The Morgan fingerprint density at radius 2 is 2.21 bits per heavy atom. The van der Waals surface area contributed by atoms with Gasteiger partial charge in [0.05, 0.1) is 17.4 Å². The van der Waals surface area contributed by atoms with Crippen molar-refractivity contribution in [3.8, 4) is 0 Å². The quantitative estimate of drug-likeness (QED) is 0.539. The summed E-state index contributed by atoms with van der Waals surface area (Å²) in [6.45, 7) is 0.816. The van der Waals surface area contributed by atoms with Gasteiger partial charge in [0.25, 0.3) is 0 Å². The first-order chi connectivity index (χ1) is 11.8. The van der Waals surface area contributed by atoms with Gasteiger partial charge in [0.2, 0.25) is 0 Å². The van der Waals surface area contributed by atoms with Gasteiger partial charge in [-0.2, -0.15) is 0 Å². The molecule has 0 N–H and O–H groups in total. The van der Waals surface area contributed by atoms with Crippen LogP contribution >= 0.6 is 11.8 Å². The fourth-order valence-corrected chi connectivity index (χ4v) is 4.06. The van der Waals surface area contributed by atoms with Crippen LogP contribution < -0.4 is 0 Å². The Balaban J connectivity index is 1.60. The third-order valence-corrected chi connectivity index (χ3v) is 5.36. The van der Waals surface area contributed by atoms with E-state index >= 15 is 0 Å². The number of pyridine rings is 1. The fourth-order valence-electron chi connectivity index (χ4n) is 3.55. The van der Waals surface area contributed by atoms with Crippen LogP contribution in [0.2, 0.25) is 0 Å². The predicted molar refractivity (Wildman–Crippen MR) is 96.2 cm³/mol. The molecule has 0 amide bonds. The molecule has 0 bridgehead atoms. The predicted octanol–water partition coefficient (Wildman–Crippen LogP) is 3.36.